The molecule has 2 saturated heterocycles. The minimum Gasteiger partial charge on any atom is -0.466 e. The Kier molecular flexibility index (Phi) is 10.0. The van der Waals surface area contributed by atoms with E-state index in [4.69, 9.17) is 21.3 Å². The van der Waals surface area contributed by atoms with E-state index in [1.54, 1.807) is 35.4 Å². The topological polar surface area (TPSA) is 129 Å². The Bertz CT molecular complexity index is 1840. The monoisotopic (exact) mass is 691 g/mol. The largest absolute Gasteiger partial charge is 0.466 e. The van der Waals surface area contributed by atoms with Gasteiger partial charge in [0.25, 0.3) is 5.91 Å². The van der Waals surface area contributed by atoms with Crippen molar-refractivity contribution in [1.29, 1.82) is 0 Å². The Hall–Kier alpha value is -4.81. The second kappa shape index (κ2) is 14.5. The Morgan fingerprint density at radius 2 is 1.98 bits per heavy atom. The molecule has 3 aliphatic rings. The van der Waals surface area contributed by atoms with Crippen LogP contribution in [0.4, 0.5) is 9.18 Å². The number of benzene rings is 2. The number of hydrogen-bond donors (Lipinski definition) is 2. The molecule has 0 unspecified atom stereocenters. The van der Waals surface area contributed by atoms with Crippen molar-refractivity contribution in [2.75, 3.05) is 53.5 Å². The van der Waals surface area contributed by atoms with E-state index in [0.717, 1.165) is 5.56 Å². The van der Waals surface area contributed by atoms with Crippen LogP contribution in [-0.2, 0) is 14.4 Å². The molecule has 3 amide bonds. The zero-order chi connectivity index (χ0) is 33.8. The van der Waals surface area contributed by atoms with Crippen LogP contribution in [0.3, 0.4) is 0 Å². The molecule has 6 rings (SSSR count). The lowest BCUT2D eigenvalue weighted by Gasteiger charge is -2.38. The zero-order valence-electron chi connectivity index (χ0n) is 26.0. The number of fused-ring (bicyclic) bond motifs is 1. The second-order valence-corrected chi connectivity index (χ2v) is 12.5. The first-order valence-corrected chi connectivity index (χ1v) is 16.2. The molecule has 48 heavy (non-hydrogen) atoms. The van der Waals surface area contributed by atoms with Crippen LogP contribution >= 0.6 is 22.9 Å². The third kappa shape index (κ3) is 7.04. The van der Waals surface area contributed by atoms with E-state index in [1.165, 1.54) is 43.8 Å². The van der Waals surface area contributed by atoms with Crippen molar-refractivity contribution in [3.63, 3.8) is 0 Å². The number of nitrogens with zero attached hydrogens (tertiary/aromatic N) is 5. The number of amidine groups is 1. The summed E-state index contributed by atoms with van der Waals surface area (Å²) in [5.41, 5.74) is 4.72. The third-order valence-electron chi connectivity index (χ3n) is 8.16. The van der Waals surface area contributed by atoms with Crippen molar-refractivity contribution in [3.8, 4) is 11.8 Å². The fourth-order valence-corrected chi connectivity index (χ4v) is 6.76. The minimum absolute atomic E-state index is 0.0741. The lowest BCUT2D eigenvalue weighted by molar-refractivity contribution is -0.136. The highest BCUT2D eigenvalue weighted by molar-refractivity contribution is 7.11. The normalized spacial score (nSPS) is 19.2. The van der Waals surface area contributed by atoms with E-state index in [-0.39, 0.29) is 35.1 Å². The molecule has 0 saturated carbocycles. The number of carbonyl (C=O) groups is 3. The van der Waals surface area contributed by atoms with Crippen LogP contribution in [0.2, 0.25) is 5.02 Å². The van der Waals surface area contributed by atoms with E-state index >= 15 is 0 Å². The summed E-state index contributed by atoms with van der Waals surface area (Å²) in [5.74, 6) is 5.15. The van der Waals surface area contributed by atoms with E-state index < -0.39 is 17.8 Å². The number of piperazine rings is 1. The van der Waals surface area contributed by atoms with Crippen molar-refractivity contribution in [2.24, 2.45) is 4.99 Å². The van der Waals surface area contributed by atoms with Crippen LogP contribution in [0.25, 0.3) is 0 Å². The summed E-state index contributed by atoms with van der Waals surface area (Å²) in [6, 6.07) is 9.76. The first-order valence-electron chi connectivity index (χ1n) is 15.0. The summed E-state index contributed by atoms with van der Waals surface area (Å²) in [5, 5.41) is 5.90. The molecular weight excluding hydrogens is 661 g/mol. The molecule has 2 aromatic carbocycles. The fraction of sp³-hybridized carbons (Fsp3) is 0.303. The summed E-state index contributed by atoms with van der Waals surface area (Å²) in [4.78, 5) is 58.0. The van der Waals surface area contributed by atoms with Gasteiger partial charge in [0.15, 0.2) is 10.8 Å². The summed E-state index contributed by atoms with van der Waals surface area (Å²) >= 11 is 7.86. The summed E-state index contributed by atoms with van der Waals surface area (Å²) in [7, 11) is 2.67. The fourth-order valence-electron chi connectivity index (χ4n) is 5.90. The van der Waals surface area contributed by atoms with Crippen LogP contribution in [-0.4, -0.2) is 103 Å². The van der Waals surface area contributed by atoms with Crippen LogP contribution in [0.5, 0.6) is 0 Å². The maximum atomic E-state index is 14.0. The summed E-state index contributed by atoms with van der Waals surface area (Å²) in [6.07, 6.45) is 1.66. The SMILES string of the molecule is CONC(=O)c1ccc(C#CCN2C[C@@H]3CN(CC4=C(C(=O)OC)[C@H](c5ccc(F)cc5Cl)N=C(c5nccs5)N4)CCN3C2=O)cc1. The number of hydrogen-bond acceptors (Lipinski definition) is 10. The molecule has 0 aliphatic carbocycles. The number of aromatic nitrogens is 1. The maximum absolute atomic E-state index is 14.0. The number of ether oxygens (including phenoxy) is 1. The quantitative estimate of drug-likeness (QED) is 0.210. The number of methoxy groups -OCH3 is 1. The number of aliphatic imine (C=N–C) groups is 1. The lowest BCUT2D eigenvalue weighted by atomic mass is 9.95. The predicted octanol–water partition coefficient (Wildman–Crippen LogP) is 3.22. The molecule has 2 fully saturated rings. The molecule has 2 N–H and O–H groups in total. The third-order valence-corrected chi connectivity index (χ3v) is 9.27. The van der Waals surface area contributed by atoms with Crippen LogP contribution < -0.4 is 10.8 Å². The highest BCUT2D eigenvalue weighted by Crippen LogP contribution is 2.37. The predicted molar refractivity (Wildman–Crippen MR) is 177 cm³/mol. The number of halogens is 2. The van der Waals surface area contributed by atoms with E-state index in [9.17, 15) is 18.8 Å². The van der Waals surface area contributed by atoms with Gasteiger partial charge in [-0.15, -0.1) is 11.3 Å². The molecule has 1 aromatic heterocycles. The minimum atomic E-state index is -0.858. The lowest BCUT2D eigenvalue weighted by Crippen LogP contribution is -2.53. The van der Waals surface area contributed by atoms with Gasteiger partial charge in [0.2, 0.25) is 0 Å². The number of nitrogens with one attached hydrogen (secondary N) is 2. The van der Waals surface area contributed by atoms with E-state index in [2.05, 4.69) is 37.4 Å². The van der Waals surface area contributed by atoms with Gasteiger partial charge in [-0.2, -0.15) is 0 Å². The number of carbonyl (C=O) groups excluding carboxylic acids is 3. The average Bonchev–Trinajstić information content (AvgIpc) is 3.73. The molecule has 0 spiro atoms. The van der Waals surface area contributed by atoms with Crippen molar-refractivity contribution in [1.82, 2.24) is 30.5 Å². The van der Waals surface area contributed by atoms with Crippen molar-refractivity contribution in [3.05, 3.63) is 97.8 Å². The smallest absolute Gasteiger partial charge is 0.338 e. The number of rotatable bonds is 8. The van der Waals surface area contributed by atoms with Crippen molar-refractivity contribution in [2.45, 2.75) is 12.1 Å². The molecule has 2 atom stereocenters. The van der Waals surface area contributed by atoms with Gasteiger partial charge in [-0.1, -0.05) is 29.5 Å². The molecule has 248 valence electrons. The van der Waals surface area contributed by atoms with Crippen molar-refractivity contribution >= 4 is 46.7 Å². The van der Waals surface area contributed by atoms with Gasteiger partial charge in [-0.05, 0) is 36.4 Å². The Labute approximate surface area is 285 Å². The Balaban J connectivity index is 1.18. The molecule has 0 bridgehead atoms. The average molecular weight is 692 g/mol. The Morgan fingerprint density at radius 3 is 2.69 bits per heavy atom. The first-order chi connectivity index (χ1) is 23.2. The maximum Gasteiger partial charge on any atom is 0.338 e. The Morgan fingerprint density at radius 1 is 1.17 bits per heavy atom. The molecular formula is C33H31ClFN7O5S. The second-order valence-electron chi connectivity index (χ2n) is 11.2. The van der Waals surface area contributed by atoms with Gasteiger partial charge >= 0.3 is 12.0 Å². The van der Waals surface area contributed by atoms with E-state index in [1.807, 2.05) is 10.3 Å². The molecule has 3 aliphatic heterocycles. The van der Waals surface area contributed by atoms with Gasteiger partial charge in [0, 0.05) is 71.7 Å². The molecule has 3 aromatic rings. The number of esters is 1. The standard InChI is InChI=1S/C33H31ClFN7O5S/c1-46-32(44)27-26(37-29(31-36-11-15-48-31)38-28(27)24-10-9-22(35)16-25(24)34)19-40-13-14-42-23(17-40)18-41(33(42)45)12-3-4-20-5-7-21(8-6-20)30(43)39-47-2/h5-11,15-16,23,28H,12-14,17-19H2,1-2H3,(H,37,38)(H,39,43)/t23-,28-/m0/s1. The van der Waals surface area contributed by atoms with Crippen LogP contribution in [0.1, 0.15) is 32.5 Å². The van der Waals surface area contributed by atoms with Gasteiger partial charge in [-0.3, -0.25) is 19.5 Å². The van der Waals surface area contributed by atoms with Crippen LogP contribution in [0.15, 0.2) is 70.3 Å². The summed E-state index contributed by atoms with van der Waals surface area (Å²) in [6.45, 7) is 2.71. The molecule has 12 nitrogen and oxygen atoms in total. The highest BCUT2D eigenvalue weighted by atomic mass is 35.5. The number of amides is 3. The van der Waals surface area contributed by atoms with Gasteiger partial charge in [0.05, 0.1) is 32.4 Å². The van der Waals surface area contributed by atoms with Gasteiger partial charge in [0.1, 0.15) is 11.9 Å². The van der Waals surface area contributed by atoms with Gasteiger partial charge in [-0.25, -0.2) is 24.4 Å². The zero-order valence-corrected chi connectivity index (χ0v) is 27.6. The molecule has 4 heterocycles. The molecule has 15 heteroatoms. The van der Waals surface area contributed by atoms with E-state index in [0.29, 0.717) is 60.4 Å². The number of thiazole rings is 1. The molecule has 0 radical (unpaired) electrons. The highest BCUT2D eigenvalue weighted by Gasteiger charge is 2.41. The number of hydroxylamine groups is 1. The summed E-state index contributed by atoms with van der Waals surface area (Å²) < 4.78 is 19.2. The van der Waals surface area contributed by atoms with Crippen LogP contribution in [0, 0.1) is 17.7 Å². The van der Waals surface area contributed by atoms with Gasteiger partial charge < -0.3 is 19.9 Å². The first kappa shape index (κ1) is 33.1. The van der Waals surface area contributed by atoms with Crippen molar-refractivity contribution < 1.29 is 28.3 Å². The number of urea groups is 1.